The number of hydrogen-bond acceptors (Lipinski definition) is 3. The van der Waals surface area contributed by atoms with E-state index in [0.29, 0.717) is 11.8 Å². The molecule has 0 unspecified atom stereocenters. The summed E-state index contributed by atoms with van der Waals surface area (Å²) in [6.07, 6.45) is 1.08. The third kappa shape index (κ3) is 4.40. The van der Waals surface area contributed by atoms with Crippen molar-refractivity contribution in [2.75, 3.05) is 20.8 Å². The minimum atomic E-state index is -0.197. The fourth-order valence-electron chi connectivity index (χ4n) is 2.99. The van der Waals surface area contributed by atoms with Crippen LogP contribution in [0.5, 0.6) is 11.5 Å². The Morgan fingerprint density at radius 3 is 2.50 bits per heavy atom. The largest absolute Gasteiger partial charge is 0.497 e. The molecule has 0 saturated heterocycles. The first kappa shape index (κ1) is 18.6. The Bertz CT molecular complexity index is 663. The maximum atomic E-state index is 13.5. The van der Waals surface area contributed by atoms with Gasteiger partial charge < -0.3 is 14.8 Å². The first-order valence-corrected chi connectivity index (χ1v) is 7.88. The summed E-state index contributed by atoms with van der Waals surface area (Å²) in [5.74, 6) is 2.40. The van der Waals surface area contributed by atoms with Crippen molar-refractivity contribution >= 4 is 12.4 Å². The van der Waals surface area contributed by atoms with Crippen LogP contribution in [-0.4, -0.2) is 20.8 Å². The van der Waals surface area contributed by atoms with Crippen LogP contribution in [0, 0.1) is 11.7 Å². The van der Waals surface area contributed by atoms with Crippen molar-refractivity contribution in [3.8, 4) is 11.5 Å². The highest BCUT2D eigenvalue weighted by molar-refractivity contribution is 5.85. The van der Waals surface area contributed by atoms with E-state index in [1.807, 2.05) is 12.1 Å². The van der Waals surface area contributed by atoms with Gasteiger partial charge >= 0.3 is 0 Å². The molecule has 0 spiro atoms. The van der Waals surface area contributed by atoms with Crippen LogP contribution in [0.15, 0.2) is 42.5 Å². The van der Waals surface area contributed by atoms with Gasteiger partial charge in [-0.15, -0.1) is 12.4 Å². The van der Waals surface area contributed by atoms with Gasteiger partial charge in [0.05, 0.1) is 14.2 Å². The Morgan fingerprint density at radius 2 is 1.83 bits per heavy atom. The van der Waals surface area contributed by atoms with Gasteiger partial charge in [-0.2, -0.15) is 0 Å². The Kier molecular flexibility index (Phi) is 6.46. The van der Waals surface area contributed by atoms with Gasteiger partial charge in [-0.3, -0.25) is 0 Å². The van der Waals surface area contributed by atoms with Gasteiger partial charge in [0.15, 0.2) is 0 Å². The maximum absolute atomic E-state index is 13.5. The van der Waals surface area contributed by atoms with Crippen molar-refractivity contribution in [1.82, 2.24) is 5.32 Å². The zero-order valence-corrected chi connectivity index (χ0v) is 14.7. The van der Waals surface area contributed by atoms with Gasteiger partial charge in [0.2, 0.25) is 0 Å². The van der Waals surface area contributed by atoms with Gasteiger partial charge in [-0.1, -0.05) is 12.1 Å². The molecule has 24 heavy (non-hydrogen) atoms. The van der Waals surface area contributed by atoms with Crippen molar-refractivity contribution < 1.29 is 13.9 Å². The van der Waals surface area contributed by atoms with Crippen LogP contribution in [0.2, 0.25) is 0 Å². The second-order valence-electron chi connectivity index (χ2n) is 5.97. The molecule has 0 amide bonds. The van der Waals surface area contributed by atoms with Crippen molar-refractivity contribution in [2.45, 2.75) is 18.9 Å². The van der Waals surface area contributed by atoms with E-state index in [4.69, 9.17) is 9.47 Å². The highest BCUT2D eigenvalue weighted by atomic mass is 35.5. The quantitative estimate of drug-likeness (QED) is 0.812. The summed E-state index contributed by atoms with van der Waals surface area (Å²) in [6, 6.07) is 12.8. The lowest BCUT2D eigenvalue weighted by molar-refractivity contribution is 0.407. The van der Waals surface area contributed by atoms with Crippen LogP contribution in [0.4, 0.5) is 4.39 Å². The molecule has 0 heterocycles. The smallest absolute Gasteiger partial charge is 0.123 e. The fourth-order valence-corrected chi connectivity index (χ4v) is 2.99. The number of nitrogens with one attached hydrogen (secondary N) is 1. The van der Waals surface area contributed by atoms with E-state index in [9.17, 15) is 4.39 Å². The number of ether oxygens (including phenoxy) is 2. The molecule has 1 N–H and O–H groups in total. The summed E-state index contributed by atoms with van der Waals surface area (Å²) in [5.41, 5.74) is 2.22. The molecule has 3 nitrogen and oxygen atoms in total. The standard InChI is InChI=1S/C19H22FNO2.ClH/c1-22-16-6-3-13(4-7-16)11-21-12-14-9-17(14)18-10-15(20)5-8-19(18)23-2;/h3-8,10,14,17,21H,9,11-12H2,1-2H3;1H/t14-,17+;/m1./s1. The Labute approximate surface area is 148 Å². The van der Waals surface area contributed by atoms with Crippen molar-refractivity contribution in [3.63, 3.8) is 0 Å². The predicted molar refractivity (Wildman–Crippen MR) is 95.7 cm³/mol. The van der Waals surface area contributed by atoms with E-state index < -0.39 is 0 Å². The van der Waals surface area contributed by atoms with E-state index >= 15 is 0 Å². The molecule has 1 aliphatic carbocycles. The minimum Gasteiger partial charge on any atom is -0.497 e. The van der Waals surface area contributed by atoms with E-state index in [1.54, 1.807) is 26.4 Å². The van der Waals surface area contributed by atoms with E-state index in [-0.39, 0.29) is 18.2 Å². The Hall–Kier alpha value is -1.78. The van der Waals surface area contributed by atoms with E-state index in [0.717, 1.165) is 36.6 Å². The number of rotatable bonds is 7. The molecule has 0 aromatic heterocycles. The maximum Gasteiger partial charge on any atom is 0.123 e. The van der Waals surface area contributed by atoms with E-state index in [1.165, 1.54) is 11.6 Å². The third-order valence-corrected chi connectivity index (χ3v) is 4.41. The molecule has 1 fully saturated rings. The van der Waals surface area contributed by atoms with Crippen LogP contribution in [-0.2, 0) is 6.54 Å². The topological polar surface area (TPSA) is 30.5 Å². The number of hydrogen-bond donors (Lipinski definition) is 1. The second-order valence-corrected chi connectivity index (χ2v) is 5.97. The number of halogens is 2. The average Bonchev–Trinajstić information content (AvgIpc) is 3.35. The van der Waals surface area contributed by atoms with Crippen molar-refractivity contribution in [1.29, 1.82) is 0 Å². The molecular weight excluding hydrogens is 329 g/mol. The molecule has 1 saturated carbocycles. The molecule has 2 aromatic rings. The van der Waals surface area contributed by atoms with Crippen LogP contribution in [0.25, 0.3) is 0 Å². The molecule has 130 valence electrons. The van der Waals surface area contributed by atoms with Gasteiger partial charge in [0, 0.05) is 12.1 Å². The zero-order valence-electron chi connectivity index (χ0n) is 13.9. The van der Waals surface area contributed by atoms with Crippen LogP contribution in [0.1, 0.15) is 23.5 Å². The second kappa shape index (κ2) is 8.36. The summed E-state index contributed by atoms with van der Waals surface area (Å²) < 4.78 is 24.0. The Morgan fingerprint density at radius 1 is 1.08 bits per heavy atom. The van der Waals surface area contributed by atoms with Crippen LogP contribution < -0.4 is 14.8 Å². The highest BCUT2D eigenvalue weighted by Crippen LogP contribution is 2.50. The molecule has 3 rings (SSSR count). The lowest BCUT2D eigenvalue weighted by Crippen LogP contribution is -2.16. The molecule has 2 atom stereocenters. The predicted octanol–water partition coefficient (Wildman–Crippen LogP) is 4.16. The van der Waals surface area contributed by atoms with E-state index in [2.05, 4.69) is 17.4 Å². The van der Waals surface area contributed by atoms with Crippen LogP contribution in [0.3, 0.4) is 0 Å². The molecule has 0 radical (unpaired) electrons. The zero-order chi connectivity index (χ0) is 16.2. The van der Waals surface area contributed by atoms with Gasteiger partial charge in [0.1, 0.15) is 17.3 Å². The number of benzene rings is 2. The molecule has 1 aliphatic rings. The molecule has 2 aromatic carbocycles. The summed E-state index contributed by atoms with van der Waals surface area (Å²) in [4.78, 5) is 0. The average molecular weight is 352 g/mol. The Balaban J connectivity index is 0.00000208. The van der Waals surface area contributed by atoms with Crippen molar-refractivity contribution in [3.05, 3.63) is 59.4 Å². The highest BCUT2D eigenvalue weighted by Gasteiger charge is 2.39. The molecule has 5 heteroatoms. The molecular formula is C19H23ClFNO2. The third-order valence-electron chi connectivity index (χ3n) is 4.41. The fraction of sp³-hybridized carbons (Fsp3) is 0.368. The first-order valence-electron chi connectivity index (χ1n) is 7.88. The SMILES string of the molecule is COc1ccc(CNC[C@H]2C[C@@H]2c2cc(F)ccc2OC)cc1.Cl. The summed E-state index contributed by atoms with van der Waals surface area (Å²) in [7, 11) is 3.30. The first-order chi connectivity index (χ1) is 11.2. The molecule has 0 aliphatic heterocycles. The van der Waals surface area contributed by atoms with Crippen molar-refractivity contribution in [2.24, 2.45) is 5.92 Å². The summed E-state index contributed by atoms with van der Waals surface area (Å²) in [5, 5.41) is 3.48. The lowest BCUT2D eigenvalue weighted by atomic mass is 10.1. The van der Waals surface area contributed by atoms with Gasteiger partial charge in [0.25, 0.3) is 0 Å². The molecule has 0 bridgehead atoms. The lowest BCUT2D eigenvalue weighted by Gasteiger charge is -2.09. The normalized spacial score (nSPS) is 18.6. The van der Waals surface area contributed by atoms with Gasteiger partial charge in [-0.05, 0) is 60.7 Å². The van der Waals surface area contributed by atoms with Crippen LogP contribution >= 0.6 is 12.4 Å². The summed E-state index contributed by atoms with van der Waals surface area (Å²) in [6.45, 7) is 1.75. The van der Waals surface area contributed by atoms with Gasteiger partial charge in [-0.25, -0.2) is 4.39 Å². The monoisotopic (exact) mass is 351 g/mol. The summed E-state index contributed by atoms with van der Waals surface area (Å²) >= 11 is 0. The number of methoxy groups -OCH3 is 2. The minimum absolute atomic E-state index is 0.